The summed E-state index contributed by atoms with van der Waals surface area (Å²) < 4.78 is 1.62. The van der Waals surface area contributed by atoms with Crippen molar-refractivity contribution in [3.63, 3.8) is 0 Å². The predicted molar refractivity (Wildman–Crippen MR) is 87.2 cm³/mol. The lowest BCUT2D eigenvalue weighted by molar-refractivity contribution is -0.129. The summed E-state index contributed by atoms with van der Waals surface area (Å²) in [6.45, 7) is 1.50. The van der Waals surface area contributed by atoms with Gasteiger partial charge in [0.15, 0.2) is 5.82 Å². The summed E-state index contributed by atoms with van der Waals surface area (Å²) in [6, 6.07) is 9.21. The highest BCUT2D eigenvalue weighted by atomic mass is 16.2. The molecule has 0 fully saturated rings. The van der Waals surface area contributed by atoms with Crippen molar-refractivity contribution in [3.8, 4) is 0 Å². The number of anilines is 1. The second-order valence-electron chi connectivity index (χ2n) is 5.51. The van der Waals surface area contributed by atoms with Crippen LogP contribution in [0.4, 0.5) is 5.82 Å². The molecule has 0 saturated carbocycles. The molecule has 2 amide bonds. The van der Waals surface area contributed by atoms with E-state index in [1.54, 1.807) is 35.1 Å². The third-order valence-electron chi connectivity index (χ3n) is 3.83. The van der Waals surface area contributed by atoms with E-state index < -0.39 is 0 Å². The van der Waals surface area contributed by atoms with Crippen LogP contribution < -0.4 is 5.32 Å². The maximum Gasteiger partial charge on any atom is 0.228 e. The Hall–Kier alpha value is -2.89. The smallest absolute Gasteiger partial charge is 0.228 e. The summed E-state index contributed by atoms with van der Waals surface area (Å²) in [4.78, 5) is 25.8. The average Bonchev–Trinajstić information content (AvgIpc) is 2.92. The second kappa shape index (κ2) is 6.08. The fourth-order valence-corrected chi connectivity index (χ4v) is 2.76. The van der Waals surface area contributed by atoms with Gasteiger partial charge in [0.2, 0.25) is 11.8 Å². The van der Waals surface area contributed by atoms with Crippen LogP contribution in [0.1, 0.15) is 30.5 Å². The van der Waals surface area contributed by atoms with E-state index in [0.717, 1.165) is 11.1 Å². The Bertz CT molecular complexity index is 778. The molecule has 3 rings (SSSR count). The summed E-state index contributed by atoms with van der Waals surface area (Å²) in [5.74, 6) is 0.239. The summed E-state index contributed by atoms with van der Waals surface area (Å²) in [7, 11) is 1.79. The minimum Gasteiger partial charge on any atom is -0.311 e. The number of carbonyl (C=O) groups excluding carboxylic acids is 2. The van der Waals surface area contributed by atoms with Crippen LogP contribution in [0.3, 0.4) is 0 Å². The Kier molecular flexibility index (Phi) is 3.97. The van der Waals surface area contributed by atoms with Crippen molar-refractivity contribution in [2.75, 3.05) is 5.32 Å². The Balaban J connectivity index is 1.81. The van der Waals surface area contributed by atoms with E-state index in [0.29, 0.717) is 5.82 Å². The Labute approximate surface area is 134 Å². The van der Waals surface area contributed by atoms with Gasteiger partial charge in [-0.1, -0.05) is 24.3 Å². The fraction of sp³-hybridized carbons (Fsp3) is 0.235. The van der Waals surface area contributed by atoms with Crippen LogP contribution >= 0.6 is 0 Å². The summed E-state index contributed by atoms with van der Waals surface area (Å²) in [6.07, 6.45) is 5.57. The summed E-state index contributed by atoms with van der Waals surface area (Å²) in [5.41, 5.74) is 2.00. The van der Waals surface area contributed by atoms with Gasteiger partial charge >= 0.3 is 0 Å². The molecule has 6 nitrogen and oxygen atoms in total. The topological polar surface area (TPSA) is 67.2 Å². The number of hydrogen-bond acceptors (Lipinski definition) is 3. The molecule has 2 heterocycles. The minimum absolute atomic E-state index is 0.0913. The van der Waals surface area contributed by atoms with Gasteiger partial charge in [0.1, 0.15) is 0 Å². The first kappa shape index (κ1) is 15.0. The number of hydrogen-bond donors (Lipinski definition) is 1. The van der Waals surface area contributed by atoms with Crippen molar-refractivity contribution in [3.05, 3.63) is 53.9 Å². The number of carbonyl (C=O) groups is 2. The number of nitrogens with one attached hydrogen (secondary N) is 1. The third kappa shape index (κ3) is 3.15. The lowest BCUT2D eigenvalue weighted by Gasteiger charge is -2.32. The molecule has 6 heteroatoms. The standard InChI is InChI=1S/C17H18N4O2/c1-12(22)21-10-7-13-5-3-4-6-14(13)15(21)11-17(23)18-16-8-9-20(2)19-16/h3-10,15H,11H2,1-2H3,(H,18,19,23)/t15-/m1/s1. The van der Waals surface area contributed by atoms with Gasteiger partial charge in [0.05, 0.1) is 12.5 Å². The van der Waals surface area contributed by atoms with Gasteiger partial charge < -0.3 is 10.2 Å². The molecule has 0 bridgehead atoms. The van der Waals surface area contributed by atoms with E-state index in [9.17, 15) is 9.59 Å². The van der Waals surface area contributed by atoms with Gasteiger partial charge in [-0.15, -0.1) is 0 Å². The normalized spacial score (nSPS) is 16.1. The maximum atomic E-state index is 12.3. The molecule has 2 aromatic rings. The molecule has 0 spiro atoms. The number of amides is 2. The summed E-state index contributed by atoms with van der Waals surface area (Å²) in [5, 5.41) is 6.90. The van der Waals surface area contributed by atoms with Gasteiger partial charge in [-0.05, 0) is 17.2 Å². The second-order valence-corrected chi connectivity index (χ2v) is 5.51. The predicted octanol–water partition coefficient (Wildman–Crippen LogP) is 2.32. The number of nitrogens with zero attached hydrogens (tertiary/aromatic N) is 3. The molecular weight excluding hydrogens is 292 g/mol. The van der Waals surface area contributed by atoms with Gasteiger partial charge in [-0.3, -0.25) is 14.3 Å². The number of aromatic nitrogens is 2. The van der Waals surface area contributed by atoms with E-state index in [2.05, 4.69) is 10.4 Å². The summed E-state index contributed by atoms with van der Waals surface area (Å²) >= 11 is 0. The van der Waals surface area contributed by atoms with Gasteiger partial charge in [0, 0.05) is 32.4 Å². The van der Waals surface area contributed by atoms with Crippen molar-refractivity contribution in [2.45, 2.75) is 19.4 Å². The van der Waals surface area contributed by atoms with E-state index in [-0.39, 0.29) is 24.3 Å². The largest absolute Gasteiger partial charge is 0.311 e. The van der Waals surface area contributed by atoms with Crippen LogP contribution in [-0.4, -0.2) is 26.5 Å². The molecule has 0 aliphatic carbocycles. The van der Waals surface area contributed by atoms with E-state index in [1.165, 1.54) is 6.92 Å². The van der Waals surface area contributed by atoms with Gasteiger partial charge in [-0.2, -0.15) is 5.10 Å². The molecule has 0 unspecified atom stereocenters. The maximum absolute atomic E-state index is 12.3. The van der Waals surface area contributed by atoms with Gasteiger partial charge in [0.25, 0.3) is 0 Å². The van der Waals surface area contributed by atoms with Crippen molar-refractivity contribution in [2.24, 2.45) is 7.05 Å². The van der Waals surface area contributed by atoms with Crippen molar-refractivity contribution in [1.29, 1.82) is 0 Å². The fourth-order valence-electron chi connectivity index (χ4n) is 2.76. The molecule has 1 aromatic heterocycles. The Morgan fingerprint density at radius 1 is 1.26 bits per heavy atom. The monoisotopic (exact) mass is 310 g/mol. The molecule has 23 heavy (non-hydrogen) atoms. The van der Waals surface area contributed by atoms with Crippen molar-refractivity contribution >= 4 is 23.7 Å². The molecule has 1 atom stereocenters. The molecule has 0 radical (unpaired) electrons. The molecule has 1 aliphatic heterocycles. The highest BCUT2D eigenvalue weighted by Gasteiger charge is 2.28. The van der Waals surface area contributed by atoms with E-state index >= 15 is 0 Å². The first-order valence-corrected chi connectivity index (χ1v) is 7.40. The number of benzene rings is 1. The molecular formula is C17H18N4O2. The quantitative estimate of drug-likeness (QED) is 0.946. The number of rotatable bonds is 3. The molecule has 0 saturated heterocycles. The highest BCUT2D eigenvalue weighted by molar-refractivity contribution is 5.91. The lowest BCUT2D eigenvalue weighted by atomic mass is 9.93. The van der Waals surface area contributed by atoms with Crippen molar-refractivity contribution in [1.82, 2.24) is 14.7 Å². The van der Waals surface area contributed by atoms with Crippen LogP contribution in [-0.2, 0) is 16.6 Å². The van der Waals surface area contributed by atoms with E-state index in [4.69, 9.17) is 0 Å². The van der Waals surface area contributed by atoms with Crippen LogP contribution in [0.2, 0.25) is 0 Å². The third-order valence-corrected chi connectivity index (χ3v) is 3.83. The van der Waals surface area contributed by atoms with Crippen LogP contribution in [0.25, 0.3) is 6.08 Å². The molecule has 1 aromatic carbocycles. The van der Waals surface area contributed by atoms with Crippen LogP contribution in [0, 0.1) is 0 Å². The molecule has 118 valence electrons. The van der Waals surface area contributed by atoms with Crippen molar-refractivity contribution < 1.29 is 9.59 Å². The van der Waals surface area contributed by atoms with Crippen LogP contribution in [0.15, 0.2) is 42.7 Å². The Morgan fingerprint density at radius 3 is 2.74 bits per heavy atom. The first-order chi connectivity index (χ1) is 11.0. The number of fused-ring (bicyclic) bond motifs is 1. The zero-order chi connectivity index (χ0) is 16.4. The van der Waals surface area contributed by atoms with E-state index in [1.807, 2.05) is 30.3 Å². The Morgan fingerprint density at radius 2 is 2.04 bits per heavy atom. The zero-order valence-corrected chi connectivity index (χ0v) is 13.1. The minimum atomic E-state index is -0.308. The lowest BCUT2D eigenvalue weighted by Crippen LogP contribution is -2.33. The molecule has 1 N–H and O–H groups in total. The van der Waals surface area contributed by atoms with Gasteiger partial charge in [-0.25, -0.2) is 0 Å². The zero-order valence-electron chi connectivity index (χ0n) is 13.1. The number of aryl methyl sites for hydroxylation is 1. The first-order valence-electron chi connectivity index (χ1n) is 7.40. The molecule has 1 aliphatic rings. The highest BCUT2D eigenvalue weighted by Crippen LogP contribution is 2.32. The average molecular weight is 310 g/mol. The van der Waals surface area contributed by atoms with Crippen LogP contribution in [0.5, 0.6) is 0 Å². The SMILES string of the molecule is CC(=O)N1C=Cc2ccccc2[C@H]1CC(=O)Nc1ccn(C)n1.